The fourth-order valence-corrected chi connectivity index (χ4v) is 10.2. The Bertz CT molecular complexity index is 232. The molecular weight excluding hydrogens is 319 g/mol. The fraction of sp³-hybridized carbons (Fsp3) is 1.00. The molecule has 0 saturated heterocycles. The SMILES string of the molecule is CCCCCCCC[PH](CCC)(CCCCC)CCCCCCCC. The van der Waals surface area contributed by atoms with E-state index in [1.165, 1.54) is 89.9 Å². The molecule has 0 aliphatic carbocycles. The fourth-order valence-electron chi connectivity index (χ4n) is 4.59. The summed E-state index contributed by atoms with van der Waals surface area (Å²) in [5.41, 5.74) is 0. The zero-order valence-electron chi connectivity index (χ0n) is 18.6. The molecule has 0 heterocycles. The number of unbranched alkanes of at least 4 members (excludes halogenated alkanes) is 12. The van der Waals surface area contributed by atoms with Crippen molar-refractivity contribution in [3.05, 3.63) is 0 Å². The second kappa shape index (κ2) is 19.2. The van der Waals surface area contributed by atoms with Crippen LogP contribution in [0.5, 0.6) is 0 Å². The monoisotopic (exact) mass is 372 g/mol. The predicted octanol–water partition coefficient (Wildman–Crippen LogP) is 9.06. The Morgan fingerprint density at radius 3 is 1.04 bits per heavy atom. The Labute approximate surface area is 162 Å². The molecular formula is C24H53P. The molecule has 0 spiro atoms. The molecule has 0 radical (unpaired) electrons. The third-order valence-corrected chi connectivity index (χ3v) is 12.0. The molecule has 0 aliphatic heterocycles. The van der Waals surface area contributed by atoms with Crippen LogP contribution in [0.3, 0.4) is 0 Å². The van der Waals surface area contributed by atoms with Crippen LogP contribution in [0.1, 0.15) is 130 Å². The first-order chi connectivity index (χ1) is 12.2. The van der Waals surface area contributed by atoms with Gasteiger partial charge in [-0.2, -0.15) is 0 Å². The average molecular weight is 373 g/mol. The van der Waals surface area contributed by atoms with Gasteiger partial charge in [0.15, 0.2) is 0 Å². The van der Waals surface area contributed by atoms with E-state index in [4.69, 9.17) is 0 Å². The molecule has 0 bridgehead atoms. The summed E-state index contributed by atoms with van der Waals surface area (Å²) in [5, 5.41) is 0. The van der Waals surface area contributed by atoms with Crippen molar-refractivity contribution < 1.29 is 0 Å². The Morgan fingerprint density at radius 2 is 0.640 bits per heavy atom. The summed E-state index contributed by atoms with van der Waals surface area (Å²) in [5.74, 6) is 0. The van der Waals surface area contributed by atoms with Gasteiger partial charge in [0.05, 0.1) is 0 Å². The minimum absolute atomic E-state index is 0.970. The van der Waals surface area contributed by atoms with Gasteiger partial charge in [0.1, 0.15) is 0 Å². The summed E-state index contributed by atoms with van der Waals surface area (Å²) in [6.45, 7) is 9.47. The van der Waals surface area contributed by atoms with Gasteiger partial charge in [-0.3, -0.25) is 0 Å². The Hall–Kier alpha value is 0.430. The molecule has 0 aromatic heterocycles. The van der Waals surface area contributed by atoms with Crippen molar-refractivity contribution in [2.24, 2.45) is 0 Å². The molecule has 0 rings (SSSR count). The van der Waals surface area contributed by atoms with Crippen LogP contribution in [0.15, 0.2) is 0 Å². The van der Waals surface area contributed by atoms with E-state index >= 15 is 0 Å². The molecule has 0 aliphatic rings. The third-order valence-electron chi connectivity index (χ3n) is 6.21. The number of rotatable bonds is 20. The summed E-state index contributed by atoms with van der Waals surface area (Å²) in [6.07, 6.45) is 30.2. The van der Waals surface area contributed by atoms with Crippen LogP contribution in [-0.2, 0) is 0 Å². The van der Waals surface area contributed by atoms with Crippen molar-refractivity contribution in [2.75, 3.05) is 24.6 Å². The number of hydrogen-bond donors (Lipinski definition) is 0. The molecule has 0 saturated carbocycles. The maximum absolute atomic E-state index is 2.45. The van der Waals surface area contributed by atoms with Crippen molar-refractivity contribution in [3.8, 4) is 0 Å². The molecule has 0 amide bonds. The van der Waals surface area contributed by atoms with E-state index in [9.17, 15) is 0 Å². The van der Waals surface area contributed by atoms with Gasteiger partial charge in [0, 0.05) is 0 Å². The summed E-state index contributed by atoms with van der Waals surface area (Å²) >= 11 is 0. The van der Waals surface area contributed by atoms with Gasteiger partial charge < -0.3 is 0 Å². The van der Waals surface area contributed by atoms with Crippen LogP contribution in [0.4, 0.5) is 0 Å². The van der Waals surface area contributed by atoms with E-state index in [1.807, 2.05) is 0 Å². The predicted molar refractivity (Wildman–Crippen MR) is 124 cm³/mol. The Morgan fingerprint density at radius 1 is 0.320 bits per heavy atom. The van der Waals surface area contributed by atoms with Gasteiger partial charge >= 0.3 is 162 Å². The second-order valence-electron chi connectivity index (χ2n) is 8.74. The molecule has 0 nitrogen and oxygen atoms in total. The Kier molecular flexibility index (Phi) is 19.5. The Balaban J connectivity index is 4.31. The van der Waals surface area contributed by atoms with Gasteiger partial charge in [-0.25, -0.2) is 0 Å². The van der Waals surface area contributed by atoms with Crippen LogP contribution in [-0.4, -0.2) is 24.6 Å². The molecule has 25 heavy (non-hydrogen) atoms. The zero-order chi connectivity index (χ0) is 18.6. The van der Waals surface area contributed by atoms with Crippen molar-refractivity contribution in [1.82, 2.24) is 0 Å². The minimum atomic E-state index is -0.970. The topological polar surface area (TPSA) is 0 Å². The standard InChI is InChI=1S/C24H53P/c1-5-9-12-14-16-19-23-25(21-8-4,22-18-11-7-3)24-20-17-15-13-10-6-2/h25H,5-24H2,1-4H3. The van der Waals surface area contributed by atoms with Crippen molar-refractivity contribution in [2.45, 2.75) is 130 Å². The van der Waals surface area contributed by atoms with Gasteiger partial charge in [-0.1, -0.05) is 0 Å². The summed E-state index contributed by atoms with van der Waals surface area (Å²) in [6, 6.07) is 0. The van der Waals surface area contributed by atoms with E-state index in [0.717, 1.165) is 0 Å². The molecule has 0 aromatic carbocycles. The first kappa shape index (κ1) is 25.4. The molecule has 0 atom stereocenters. The van der Waals surface area contributed by atoms with E-state index in [1.54, 1.807) is 37.5 Å². The summed E-state index contributed by atoms with van der Waals surface area (Å²) < 4.78 is 0. The molecule has 154 valence electrons. The third kappa shape index (κ3) is 15.2. The van der Waals surface area contributed by atoms with Crippen LogP contribution in [0.2, 0.25) is 0 Å². The van der Waals surface area contributed by atoms with Crippen LogP contribution < -0.4 is 0 Å². The van der Waals surface area contributed by atoms with E-state index < -0.39 is 7.26 Å². The van der Waals surface area contributed by atoms with Crippen molar-refractivity contribution in [3.63, 3.8) is 0 Å². The van der Waals surface area contributed by atoms with Crippen LogP contribution in [0.25, 0.3) is 0 Å². The first-order valence-electron chi connectivity index (χ1n) is 12.2. The van der Waals surface area contributed by atoms with Crippen LogP contribution in [0, 0.1) is 0 Å². The normalized spacial score (nSPS) is 12.6. The molecule has 0 aromatic rings. The molecule has 0 unspecified atom stereocenters. The van der Waals surface area contributed by atoms with E-state index in [0.29, 0.717) is 0 Å². The quantitative estimate of drug-likeness (QED) is 0.148. The van der Waals surface area contributed by atoms with Crippen molar-refractivity contribution in [1.29, 1.82) is 0 Å². The van der Waals surface area contributed by atoms with Gasteiger partial charge in [0.25, 0.3) is 0 Å². The maximum atomic E-state index is 2.45. The molecule has 1 heteroatoms. The summed E-state index contributed by atoms with van der Waals surface area (Å²) in [7, 11) is -0.970. The number of hydrogen-bond acceptors (Lipinski definition) is 0. The van der Waals surface area contributed by atoms with Crippen LogP contribution >= 0.6 is 7.26 Å². The second-order valence-corrected chi connectivity index (χ2v) is 13.7. The average Bonchev–Trinajstić information content (AvgIpc) is 2.61. The van der Waals surface area contributed by atoms with Gasteiger partial charge in [-0.05, 0) is 0 Å². The van der Waals surface area contributed by atoms with Gasteiger partial charge in [0.2, 0.25) is 0 Å². The van der Waals surface area contributed by atoms with Crippen molar-refractivity contribution >= 4 is 7.26 Å². The molecule has 0 fully saturated rings. The summed E-state index contributed by atoms with van der Waals surface area (Å²) in [4.78, 5) is 0. The first-order valence-corrected chi connectivity index (χ1v) is 15.1. The van der Waals surface area contributed by atoms with E-state index in [2.05, 4.69) is 27.7 Å². The zero-order valence-corrected chi connectivity index (χ0v) is 19.6. The van der Waals surface area contributed by atoms with E-state index in [-0.39, 0.29) is 0 Å². The van der Waals surface area contributed by atoms with Gasteiger partial charge in [-0.15, -0.1) is 0 Å². The molecule has 0 N–H and O–H groups in total.